The first-order chi connectivity index (χ1) is 5.81. The van der Waals surface area contributed by atoms with Gasteiger partial charge in [0, 0.05) is 19.7 Å². The second-order valence-corrected chi connectivity index (χ2v) is 4.16. The number of allylic oxidation sites excluding steroid dienone is 1. The molecule has 2 rings (SSSR count). The highest BCUT2D eigenvalue weighted by atomic mass is 16.3. The van der Waals surface area contributed by atoms with Crippen LogP contribution in [0.4, 0.5) is 0 Å². The molecule has 0 bridgehead atoms. The van der Waals surface area contributed by atoms with Gasteiger partial charge in [-0.1, -0.05) is 12.2 Å². The van der Waals surface area contributed by atoms with Crippen LogP contribution in [0.1, 0.15) is 6.42 Å². The van der Waals surface area contributed by atoms with Gasteiger partial charge in [0.1, 0.15) is 0 Å². The zero-order chi connectivity index (χ0) is 8.55. The Bertz CT molecular complexity index is 190. The van der Waals surface area contributed by atoms with E-state index in [1.807, 2.05) is 0 Å². The summed E-state index contributed by atoms with van der Waals surface area (Å²) in [7, 11) is 2.17. The fourth-order valence-electron chi connectivity index (χ4n) is 2.58. The van der Waals surface area contributed by atoms with Crippen LogP contribution in [0, 0.1) is 17.8 Å². The van der Waals surface area contributed by atoms with Gasteiger partial charge in [-0.2, -0.15) is 0 Å². The van der Waals surface area contributed by atoms with E-state index in [0.29, 0.717) is 24.4 Å². The summed E-state index contributed by atoms with van der Waals surface area (Å²) in [6, 6.07) is 0. The van der Waals surface area contributed by atoms with Gasteiger partial charge in [-0.15, -0.1) is 0 Å². The predicted octanol–water partition coefficient (Wildman–Crippen LogP) is 0.733. The molecule has 0 aromatic rings. The minimum absolute atomic E-state index is 0.360. The Morgan fingerprint density at radius 3 is 3.08 bits per heavy atom. The zero-order valence-corrected chi connectivity index (χ0v) is 7.61. The molecule has 68 valence electrons. The number of aliphatic hydroxyl groups excluding tert-OH is 1. The second kappa shape index (κ2) is 3.19. The summed E-state index contributed by atoms with van der Waals surface area (Å²) < 4.78 is 0. The number of likely N-dealkylation sites (tertiary alicyclic amines) is 1. The molecule has 0 spiro atoms. The summed E-state index contributed by atoms with van der Waals surface area (Å²) in [6.45, 7) is 2.71. The quantitative estimate of drug-likeness (QED) is 0.582. The normalized spacial score (nSPS) is 41.7. The maximum Gasteiger partial charge on any atom is 0.0465 e. The number of nitrogens with zero attached hydrogens (tertiary/aromatic N) is 1. The molecular formula is C10H17NO. The zero-order valence-electron chi connectivity index (χ0n) is 7.61. The summed E-state index contributed by atoms with van der Waals surface area (Å²) >= 11 is 0. The molecule has 1 heterocycles. The molecule has 2 aliphatic rings. The molecule has 2 heteroatoms. The maximum atomic E-state index is 9.17. The Morgan fingerprint density at radius 1 is 1.50 bits per heavy atom. The molecule has 1 aliphatic heterocycles. The van der Waals surface area contributed by atoms with Crippen LogP contribution in [-0.4, -0.2) is 36.8 Å². The fourth-order valence-corrected chi connectivity index (χ4v) is 2.58. The van der Waals surface area contributed by atoms with Crippen LogP contribution in [-0.2, 0) is 0 Å². The van der Waals surface area contributed by atoms with Gasteiger partial charge in [0.15, 0.2) is 0 Å². The van der Waals surface area contributed by atoms with Gasteiger partial charge >= 0.3 is 0 Å². The van der Waals surface area contributed by atoms with Crippen molar-refractivity contribution < 1.29 is 5.11 Å². The standard InChI is InChI=1S/C10H17NO/c1-11-5-8-3-2-4-9(7-12)10(8)6-11/h2-3,8-10,12H,4-7H2,1H3. The monoisotopic (exact) mass is 167 g/mol. The van der Waals surface area contributed by atoms with Crippen LogP contribution in [0.2, 0.25) is 0 Å². The summed E-state index contributed by atoms with van der Waals surface area (Å²) in [5.41, 5.74) is 0. The van der Waals surface area contributed by atoms with Gasteiger partial charge in [-0.3, -0.25) is 0 Å². The van der Waals surface area contributed by atoms with Crippen LogP contribution in [0.3, 0.4) is 0 Å². The topological polar surface area (TPSA) is 23.5 Å². The number of hydrogen-bond acceptors (Lipinski definition) is 2. The molecule has 0 aromatic carbocycles. The molecule has 0 amide bonds. The highest BCUT2D eigenvalue weighted by molar-refractivity contribution is 5.04. The van der Waals surface area contributed by atoms with Crippen molar-refractivity contribution in [3.05, 3.63) is 12.2 Å². The van der Waals surface area contributed by atoms with Crippen molar-refractivity contribution in [2.45, 2.75) is 6.42 Å². The Morgan fingerprint density at radius 2 is 2.33 bits per heavy atom. The van der Waals surface area contributed by atoms with Crippen LogP contribution in [0.5, 0.6) is 0 Å². The van der Waals surface area contributed by atoms with Gasteiger partial charge in [-0.05, 0) is 31.2 Å². The average Bonchev–Trinajstić information content (AvgIpc) is 2.44. The van der Waals surface area contributed by atoms with Gasteiger partial charge < -0.3 is 10.0 Å². The predicted molar refractivity (Wildman–Crippen MR) is 48.8 cm³/mol. The van der Waals surface area contributed by atoms with E-state index in [1.165, 1.54) is 13.1 Å². The number of rotatable bonds is 1. The molecule has 3 atom stereocenters. The van der Waals surface area contributed by atoms with E-state index >= 15 is 0 Å². The van der Waals surface area contributed by atoms with Crippen molar-refractivity contribution in [3.8, 4) is 0 Å². The van der Waals surface area contributed by atoms with Gasteiger partial charge in [-0.25, -0.2) is 0 Å². The third-order valence-electron chi connectivity index (χ3n) is 3.26. The van der Waals surface area contributed by atoms with Gasteiger partial charge in [0.25, 0.3) is 0 Å². The molecule has 0 aromatic heterocycles. The first-order valence-electron chi connectivity index (χ1n) is 4.77. The van der Waals surface area contributed by atoms with E-state index in [4.69, 9.17) is 0 Å². The van der Waals surface area contributed by atoms with E-state index in [0.717, 1.165) is 6.42 Å². The SMILES string of the molecule is CN1CC2C=CCC(CO)C2C1. The molecule has 1 aliphatic carbocycles. The lowest BCUT2D eigenvalue weighted by atomic mass is 9.78. The Labute approximate surface area is 73.9 Å². The molecule has 0 radical (unpaired) electrons. The van der Waals surface area contributed by atoms with Gasteiger partial charge in [0.2, 0.25) is 0 Å². The number of fused-ring (bicyclic) bond motifs is 1. The van der Waals surface area contributed by atoms with Crippen molar-refractivity contribution in [2.75, 3.05) is 26.7 Å². The van der Waals surface area contributed by atoms with E-state index in [2.05, 4.69) is 24.1 Å². The van der Waals surface area contributed by atoms with Crippen LogP contribution in [0.15, 0.2) is 12.2 Å². The first kappa shape index (κ1) is 8.27. The molecule has 1 N–H and O–H groups in total. The molecule has 0 saturated carbocycles. The summed E-state index contributed by atoms with van der Waals surface area (Å²) in [4.78, 5) is 2.37. The van der Waals surface area contributed by atoms with Crippen LogP contribution >= 0.6 is 0 Å². The number of hydrogen-bond donors (Lipinski definition) is 1. The highest BCUT2D eigenvalue weighted by Gasteiger charge is 2.35. The lowest BCUT2D eigenvalue weighted by molar-refractivity contribution is 0.161. The van der Waals surface area contributed by atoms with E-state index in [1.54, 1.807) is 0 Å². The summed E-state index contributed by atoms with van der Waals surface area (Å²) in [5.74, 6) is 1.94. The Balaban J connectivity index is 2.10. The fraction of sp³-hybridized carbons (Fsp3) is 0.800. The maximum absolute atomic E-state index is 9.17. The first-order valence-corrected chi connectivity index (χ1v) is 4.77. The van der Waals surface area contributed by atoms with E-state index in [-0.39, 0.29) is 0 Å². The molecule has 12 heavy (non-hydrogen) atoms. The average molecular weight is 167 g/mol. The third kappa shape index (κ3) is 1.29. The molecular weight excluding hydrogens is 150 g/mol. The van der Waals surface area contributed by atoms with E-state index in [9.17, 15) is 5.11 Å². The minimum Gasteiger partial charge on any atom is -0.396 e. The molecule has 3 unspecified atom stereocenters. The lowest BCUT2D eigenvalue weighted by Crippen LogP contribution is -2.26. The van der Waals surface area contributed by atoms with Crippen LogP contribution < -0.4 is 0 Å². The summed E-state index contributed by atoms with van der Waals surface area (Å²) in [6.07, 6.45) is 5.65. The van der Waals surface area contributed by atoms with Gasteiger partial charge in [0.05, 0.1) is 0 Å². The largest absolute Gasteiger partial charge is 0.396 e. The number of aliphatic hydroxyl groups is 1. The molecule has 1 fully saturated rings. The highest BCUT2D eigenvalue weighted by Crippen LogP contribution is 2.35. The van der Waals surface area contributed by atoms with Crippen molar-refractivity contribution in [2.24, 2.45) is 17.8 Å². The molecule has 2 nitrogen and oxygen atoms in total. The van der Waals surface area contributed by atoms with Crippen LogP contribution in [0.25, 0.3) is 0 Å². The summed E-state index contributed by atoms with van der Waals surface area (Å²) in [5, 5.41) is 9.17. The molecule has 1 saturated heterocycles. The second-order valence-electron chi connectivity index (χ2n) is 4.16. The smallest absolute Gasteiger partial charge is 0.0465 e. The van der Waals surface area contributed by atoms with Crippen molar-refractivity contribution in [1.29, 1.82) is 0 Å². The Hall–Kier alpha value is -0.340. The lowest BCUT2D eigenvalue weighted by Gasteiger charge is -2.27. The third-order valence-corrected chi connectivity index (χ3v) is 3.26. The minimum atomic E-state index is 0.360. The Kier molecular flexibility index (Phi) is 2.20. The van der Waals surface area contributed by atoms with Crippen molar-refractivity contribution in [3.63, 3.8) is 0 Å². The van der Waals surface area contributed by atoms with Crippen molar-refractivity contribution in [1.82, 2.24) is 4.90 Å². The van der Waals surface area contributed by atoms with E-state index < -0.39 is 0 Å². The van der Waals surface area contributed by atoms with Crippen molar-refractivity contribution >= 4 is 0 Å².